The van der Waals surface area contributed by atoms with Crippen LogP contribution in [0.2, 0.25) is 5.02 Å². The molecule has 5 nitrogen and oxygen atoms in total. The van der Waals surface area contributed by atoms with Gasteiger partial charge in [-0.15, -0.1) is 4.72 Å². The highest BCUT2D eigenvalue weighted by Gasteiger charge is 2.26. The molecule has 0 saturated carbocycles. The first-order chi connectivity index (χ1) is 9.27. The van der Waals surface area contributed by atoms with Crippen molar-refractivity contribution >= 4 is 34.0 Å². The fourth-order valence-corrected chi connectivity index (χ4v) is 2.49. The number of halogens is 1. The summed E-state index contributed by atoms with van der Waals surface area (Å²) >= 11 is 4.65. The van der Waals surface area contributed by atoms with Gasteiger partial charge in [-0.2, -0.15) is 0 Å². The molecule has 7 heteroatoms. The lowest BCUT2D eigenvalue weighted by molar-refractivity contribution is 0.544. The lowest BCUT2D eigenvalue weighted by atomic mass is 10.2. The number of nitrogens with zero attached hydrogens (tertiary/aromatic N) is 1. The molecule has 2 N–H and O–H groups in total. The summed E-state index contributed by atoms with van der Waals surface area (Å²) in [6, 6.07) is 3.43. The fourth-order valence-electron chi connectivity index (χ4n) is 1.60. The second kappa shape index (κ2) is 5.73. The molecule has 2 aromatic heterocycles. The van der Waals surface area contributed by atoms with Crippen molar-refractivity contribution in [3.05, 3.63) is 39.3 Å². The van der Waals surface area contributed by atoms with E-state index in [1.807, 2.05) is 20.8 Å². The standard InChI is InChI=1S/C13H16ClN3O2S/c1-13(2,3)20(19)16-6-9-4-8-5-10(14)7-15-11(8)17-12(9)18/h4-5,7,16H,6H2,1-3H3,(H,15,17,18)/t20-/m1/s1. The Morgan fingerprint density at radius 3 is 2.80 bits per heavy atom. The summed E-state index contributed by atoms with van der Waals surface area (Å²) in [6.07, 6.45) is 1.48. The lowest BCUT2D eigenvalue weighted by Gasteiger charge is -2.23. The number of fused-ring (bicyclic) bond motifs is 1. The van der Waals surface area contributed by atoms with E-state index >= 15 is 0 Å². The van der Waals surface area contributed by atoms with E-state index in [-0.39, 0.29) is 16.9 Å². The number of nitrogens with one attached hydrogen (secondary N) is 2. The van der Waals surface area contributed by atoms with Crippen molar-refractivity contribution in [2.45, 2.75) is 32.1 Å². The molecule has 0 unspecified atom stereocenters. The van der Waals surface area contributed by atoms with Crippen molar-refractivity contribution < 1.29 is 4.55 Å². The SMILES string of the molecule is CC(C)(C)[S@@+]([O-])NCc1cc2cc(Cl)cnc2[nH]c1=O. The molecular formula is C13H16ClN3O2S. The summed E-state index contributed by atoms with van der Waals surface area (Å²) in [5.41, 5.74) is 0.741. The summed E-state index contributed by atoms with van der Waals surface area (Å²) < 4.78 is 14.4. The summed E-state index contributed by atoms with van der Waals surface area (Å²) in [5.74, 6) is 0. The Morgan fingerprint density at radius 2 is 2.15 bits per heavy atom. The smallest absolute Gasteiger partial charge is 0.254 e. The van der Waals surface area contributed by atoms with Crippen molar-refractivity contribution in [2.75, 3.05) is 0 Å². The van der Waals surface area contributed by atoms with Gasteiger partial charge in [-0.1, -0.05) is 11.6 Å². The van der Waals surface area contributed by atoms with Gasteiger partial charge in [-0.05, 0) is 32.9 Å². The first-order valence-corrected chi connectivity index (χ1v) is 7.63. The second-order valence-electron chi connectivity index (χ2n) is 5.42. The molecule has 0 aliphatic rings. The van der Waals surface area contributed by atoms with Gasteiger partial charge in [0.15, 0.2) is 0 Å². The molecule has 2 heterocycles. The third kappa shape index (κ3) is 3.52. The minimum absolute atomic E-state index is 0.224. The highest BCUT2D eigenvalue weighted by atomic mass is 35.5. The van der Waals surface area contributed by atoms with Crippen LogP contribution < -0.4 is 10.3 Å². The van der Waals surface area contributed by atoms with Gasteiger partial charge in [-0.3, -0.25) is 4.79 Å². The van der Waals surface area contributed by atoms with Crippen LogP contribution in [-0.4, -0.2) is 19.3 Å². The molecule has 1 atom stereocenters. The molecule has 2 rings (SSSR count). The third-order valence-corrected chi connectivity index (χ3v) is 4.41. The number of aromatic amines is 1. The van der Waals surface area contributed by atoms with E-state index in [0.29, 0.717) is 16.2 Å². The average Bonchev–Trinajstić information content (AvgIpc) is 2.35. The number of pyridine rings is 2. The van der Waals surface area contributed by atoms with Crippen LogP contribution in [0.5, 0.6) is 0 Å². The second-order valence-corrected chi connectivity index (χ2v) is 7.90. The van der Waals surface area contributed by atoms with Crippen LogP contribution in [0.4, 0.5) is 0 Å². The molecule has 0 spiro atoms. The maximum atomic E-state index is 11.9. The zero-order valence-electron chi connectivity index (χ0n) is 11.5. The first kappa shape index (κ1) is 15.3. The molecule has 108 valence electrons. The van der Waals surface area contributed by atoms with E-state index in [0.717, 1.165) is 5.39 Å². The average molecular weight is 314 g/mol. The number of hydrogen-bond donors (Lipinski definition) is 2. The minimum atomic E-state index is -1.23. The third-order valence-electron chi connectivity index (χ3n) is 2.69. The largest absolute Gasteiger partial charge is 0.598 e. The first-order valence-electron chi connectivity index (χ1n) is 6.10. The Bertz CT molecular complexity index is 681. The van der Waals surface area contributed by atoms with Crippen molar-refractivity contribution in [3.8, 4) is 0 Å². The van der Waals surface area contributed by atoms with Crippen LogP contribution in [0.15, 0.2) is 23.1 Å². The fraction of sp³-hybridized carbons (Fsp3) is 0.385. The minimum Gasteiger partial charge on any atom is -0.598 e. The molecule has 0 amide bonds. The predicted octanol–water partition coefficient (Wildman–Crippen LogP) is 2.13. The van der Waals surface area contributed by atoms with Gasteiger partial charge in [0.1, 0.15) is 10.4 Å². The maximum Gasteiger partial charge on any atom is 0.254 e. The van der Waals surface area contributed by atoms with Gasteiger partial charge in [0.05, 0.1) is 11.6 Å². The van der Waals surface area contributed by atoms with E-state index in [1.54, 1.807) is 12.1 Å². The van der Waals surface area contributed by atoms with E-state index in [2.05, 4.69) is 14.7 Å². The van der Waals surface area contributed by atoms with Crippen LogP contribution in [-0.2, 0) is 17.9 Å². The number of rotatable bonds is 3. The van der Waals surface area contributed by atoms with Gasteiger partial charge in [0, 0.05) is 28.5 Å². The summed E-state index contributed by atoms with van der Waals surface area (Å²) in [7, 11) is 0. The molecule has 0 fully saturated rings. The molecule has 0 bridgehead atoms. The molecule has 0 aliphatic carbocycles. The van der Waals surface area contributed by atoms with Gasteiger partial charge in [0.2, 0.25) is 0 Å². The van der Waals surface area contributed by atoms with Crippen LogP contribution in [0, 0.1) is 0 Å². The molecule has 0 saturated heterocycles. The van der Waals surface area contributed by atoms with Crippen LogP contribution in [0.1, 0.15) is 26.3 Å². The lowest BCUT2D eigenvalue weighted by Crippen LogP contribution is -2.39. The Labute approximate surface area is 125 Å². The van der Waals surface area contributed by atoms with Gasteiger partial charge in [0.25, 0.3) is 5.56 Å². The van der Waals surface area contributed by atoms with Crippen LogP contribution in [0.25, 0.3) is 11.0 Å². The van der Waals surface area contributed by atoms with E-state index < -0.39 is 11.4 Å². The van der Waals surface area contributed by atoms with Crippen molar-refractivity contribution in [2.24, 2.45) is 0 Å². The monoisotopic (exact) mass is 313 g/mol. The number of H-pyrrole nitrogens is 1. The van der Waals surface area contributed by atoms with Gasteiger partial charge >= 0.3 is 0 Å². The van der Waals surface area contributed by atoms with Gasteiger partial charge in [-0.25, -0.2) is 4.98 Å². The number of aromatic nitrogens is 2. The summed E-state index contributed by atoms with van der Waals surface area (Å²) in [4.78, 5) is 18.6. The number of hydrogen-bond acceptors (Lipinski definition) is 4. The molecule has 20 heavy (non-hydrogen) atoms. The highest BCUT2D eigenvalue weighted by Crippen LogP contribution is 2.16. The van der Waals surface area contributed by atoms with Crippen LogP contribution >= 0.6 is 11.6 Å². The zero-order valence-corrected chi connectivity index (χ0v) is 13.1. The molecule has 0 aromatic carbocycles. The highest BCUT2D eigenvalue weighted by molar-refractivity contribution is 7.90. The predicted molar refractivity (Wildman–Crippen MR) is 82.1 cm³/mol. The molecule has 0 radical (unpaired) electrons. The molecule has 0 aliphatic heterocycles. The van der Waals surface area contributed by atoms with Gasteiger partial charge < -0.3 is 9.54 Å². The molecule has 2 aromatic rings. The van der Waals surface area contributed by atoms with E-state index in [4.69, 9.17) is 11.6 Å². The van der Waals surface area contributed by atoms with E-state index in [1.165, 1.54) is 6.20 Å². The normalized spacial score (nSPS) is 13.7. The van der Waals surface area contributed by atoms with Crippen molar-refractivity contribution in [1.29, 1.82) is 0 Å². The molecular weight excluding hydrogens is 298 g/mol. The Kier molecular flexibility index (Phi) is 4.39. The van der Waals surface area contributed by atoms with Crippen LogP contribution in [0.3, 0.4) is 0 Å². The van der Waals surface area contributed by atoms with Crippen molar-refractivity contribution in [3.63, 3.8) is 0 Å². The Morgan fingerprint density at radius 1 is 1.45 bits per heavy atom. The quantitative estimate of drug-likeness (QED) is 0.851. The topological polar surface area (TPSA) is 80.8 Å². The maximum absolute atomic E-state index is 11.9. The van der Waals surface area contributed by atoms with Crippen molar-refractivity contribution in [1.82, 2.24) is 14.7 Å². The zero-order chi connectivity index (χ0) is 14.9. The Hall–Kier alpha value is -1.08. The summed E-state index contributed by atoms with van der Waals surface area (Å²) in [5, 5.41) is 1.25. The summed E-state index contributed by atoms with van der Waals surface area (Å²) in [6.45, 7) is 5.82. The van der Waals surface area contributed by atoms with E-state index in [9.17, 15) is 9.35 Å². The Balaban J connectivity index is 2.26.